The van der Waals surface area contributed by atoms with E-state index in [1.54, 1.807) is 0 Å². The van der Waals surface area contributed by atoms with Gasteiger partial charge in [-0.25, -0.2) is 0 Å². The van der Waals surface area contributed by atoms with Crippen LogP contribution in [-0.2, 0) is 4.79 Å². The van der Waals surface area contributed by atoms with E-state index < -0.39 is 0 Å². The first-order valence-electron chi connectivity index (χ1n) is 8.20. The van der Waals surface area contributed by atoms with Gasteiger partial charge in [-0.1, -0.05) is 39.0 Å². The van der Waals surface area contributed by atoms with Gasteiger partial charge in [0.25, 0.3) is 0 Å². The molecule has 2 rings (SSSR count). The Morgan fingerprint density at radius 3 is 2.63 bits per heavy atom. The van der Waals surface area contributed by atoms with E-state index in [4.69, 9.17) is 5.73 Å². The predicted octanol–water partition coefficient (Wildman–Crippen LogP) is 2.84. The van der Waals surface area contributed by atoms with Crippen molar-refractivity contribution in [2.24, 2.45) is 23.5 Å². The van der Waals surface area contributed by atoms with Gasteiger partial charge in [0.2, 0.25) is 5.91 Å². The van der Waals surface area contributed by atoms with E-state index in [-0.39, 0.29) is 17.9 Å². The van der Waals surface area contributed by atoms with E-state index in [1.807, 2.05) is 0 Å². The SMILES string of the molecule is CC1CCC(N)CC1C(=O)NCCC1CCCCC1. The summed E-state index contributed by atoms with van der Waals surface area (Å²) in [5.74, 6) is 1.74. The van der Waals surface area contributed by atoms with Gasteiger partial charge in [0.05, 0.1) is 0 Å². The van der Waals surface area contributed by atoms with E-state index in [2.05, 4.69) is 12.2 Å². The van der Waals surface area contributed by atoms with Crippen LogP contribution in [-0.4, -0.2) is 18.5 Å². The molecular weight excluding hydrogens is 236 g/mol. The standard InChI is InChI=1S/C16H30N2O/c1-12-7-8-14(17)11-15(12)16(19)18-10-9-13-5-3-2-4-6-13/h12-15H,2-11,17H2,1H3,(H,18,19). The molecule has 0 aliphatic heterocycles. The van der Waals surface area contributed by atoms with E-state index in [0.29, 0.717) is 5.92 Å². The molecule has 0 aromatic carbocycles. The Hall–Kier alpha value is -0.570. The highest BCUT2D eigenvalue weighted by atomic mass is 16.1. The smallest absolute Gasteiger partial charge is 0.223 e. The first kappa shape index (κ1) is 14.8. The quantitative estimate of drug-likeness (QED) is 0.822. The molecule has 3 unspecified atom stereocenters. The Morgan fingerprint density at radius 1 is 1.16 bits per heavy atom. The lowest BCUT2D eigenvalue weighted by molar-refractivity contribution is -0.127. The van der Waals surface area contributed by atoms with Crippen molar-refractivity contribution in [3.8, 4) is 0 Å². The fraction of sp³-hybridized carbons (Fsp3) is 0.938. The van der Waals surface area contributed by atoms with Crippen LogP contribution in [0.1, 0.15) is 64.7 Å². The fourth-order valence-corrected chi connectivity index (χ4v) is 3.73. The second-order valence-electron chi connectivity index (χ2n) is 6.74. The third kappa shape index (κ3) is 4.48. The minimum Gasteiger partial charge on any atom is -0.356 e. The zero-order chi connectivity index (χ0) is 13.7. The Kier molecular flexibility index (Phi) is 5.68. The third-order valence-corrected chi connectivity index (χ3v) is 5.15. The molecule has 2 saturated carbocycles. The Bertz CT molecular complexity index is 286. The minimum absolute atomic E-state index is 0.148. The number of nitrogens with one attached hydrogen (secondary N) is 1. The summed E-state index contributed by atoms with van der Waals surface area (Å²) in [6, 6.07) is 0.227. The minimum atomic E-state index is 0.148. The molecule has 110 valence electrons. The monoisotopic (exact) mass is 266 g/mol. The van der Waals surface area contributed by atoms with Crippen molar-refractivity contribution < 1.29 is 4.79 Å². The molecule has 0 aromatic heterocycles. The van der Waals surface area contributed by atoms with Gasteiger partial charge in [-0.05, 0) is 37.5 Å². The van der Waals surface area contributed by atoms with Crippen LogP contribution in [0.4, 0.5) is 0 Å². The van der Waals surface area contributed by atoms with Crippen molar-refractivity contribution >= 4 is 5.91 Å². The number of hydrogen-bond acceptors (Lipinski definition) is 2. The summed E-state index contributed by atoms with van der Waals surface area (Å²) in [7, 11) is 0. The highest BCUT2D eigenvalue weighted by molar-refractivity contribution is 5.79. The molecule has 0 bridgehead atoms. The second-order valence-corrected chi connectivity index (χ2v) is 6.74. The van der Waals surface area contributed by atoms with Gasteiger partial charge in [-0.2, -0.15) is 0 Å². The molecule has 2 fully saturated rings. The van der Waals surface area contributed by atoms with Gasteiger partial charge in [0, 0.05) is 18.5 Å². The second kappa shape index (κ2) is 7.28. The number of amides is 1. The molecule has 19 heavy (non-hydrogen) atoms. The van der Waals surface area contributed by atoms with Crippen LogP contribution in [0.5, 0.6) is 0 Å². The molecular formula is C16H30N2O. The Morgan fingerprint density at radius 2 is 1.89 bits per heavy atom. The molecule has 3 atom stereocenters. The highest BCUT2D eigenvalue weighted by Gasteiger charge is 2.31. The molecule has 0 spiro atoms. The third-order valence-electron chi connectivity index (χ3n) is 5.15. The van der Waals surface area contributed by atoms with Crippen LogP contribution in [0.3, 0.4) is 0 Å². The number of rotatable bonds is 4. The average Bonchev–Trinajstić information content (AvgIpc) is 2.42. The first-order valence-corrected chi connectivity index (χ1v) is 8.20. The van der Waals surface area contributed by atoms with Gasteiger partial charge in [-0.15, -0.1) is 0 Å². The average molecular weight is 266 g/mol. The summed E-state index contributed by atoms with van der Waals surface area (Å²) in [5, 5.41) is 3.16. The molecule has 2 aliphatic carbocycles. The van der Waals surface area contributed by atoms with Crippen molar-refractivity contribution in [2.75, 3.05) is 6.54 Å². The fourth-order valence-electron chi connectivity index (χ4n) is 3.73. The molecule has 3 heteroatoms. The number of nitrogens with two attached hydrogens (primary N) is 1. The van der Waals surface area contributed by atoms with Crippen LogP contribution < -0.4 is 11.1 Å². The largest absolute Gasteiger partial charge is 0.356 e. The maximum Gasteiger partial charge on any atom is 0.223 e. The van der Waals surface area contributed by atoms with Gasteiger partial charge in [0.15, 0.2) is 0 Å². The van der Waals surface area contributed by atoms with Gasteiger partial charge in [0.1, 0.15) is 0 Å². The molecule has 1 amide bonds. The van der Waals surface area contributed by atoms with Crippen LogP contribution in [0, 0.1) is 17.8 Å². The highest BCUT2D eigenvalue weighted by Crippen LogP contribution is 2.29. The van der Waals surface area contributed by atoms with Crippen molar-refractivity contribution in [3.63, 3.8) is 0 Å². The summed E-state index contributed by atoms with van der Waals surface area (Å²) < 4.78 is 0. The van der Waals surface area contributed by atoms with Gasteiger partial charge < -0.3 is 11.1 Å². The molecule has 0 saturated heterocycles. The topological polar surface area (TPSA) is 55.1 Å². The summed E-state index contributed by atoms with van der Waals surface area (Å²) in [5.41, 5.74) is 5.99. The lowest BCUT2D eigenvalue weighted by atomic mass is 9.77. The number of carbonyl (C=O) groups is 1. The summed E-state index contributed by atoms with van der Waals surface area (Å²) in [6.07, 6.45) is 11.1. The van der Waals surface area contributed by atoms with E-state index in [0.717, 1.165) is 31.7 Å². The van der Waals surface area contributed by atoms with E-state index in [1.165, 1.54) is 38.5 Å². The Balaban J connectivity index is 1.68. The summed E-state index contributed by atoms with van der Waals surface area (Å²) in [4.78, 5) is 12.2. The van der Waals surface area contributed by atoms with Crippen LogP contribution >= 0.6 is 0 Å². The molecule has 0 aromatic rings. The van der Waals surface area contributed by atoms with Crippen LogP contribution in [0.25, 0.3) is 0 Å². The maximum absolute atomic E-state index is 12.2. The van der Waals surface area contributed by atoms with Gasteiger partial charge >= 0.3 is 0 Å². The lowest BCUT2D eigenvalue weighted by Crippen LogP contribution is -2.42. The molecule has 3 nitrogen and oxygen atoms in total. The molecule has 2 aliphatic rings. The molecule has 0 heterocycles. The van der Waals surface area contributed by atoms with Crippen LogP contribution in [0.15, 0.2) is 0 Å². The molecule has 3 N–H and O–H groups in total. The van der Waals surface area contributed by atoms with Crippen molar-refractivity contribution in [2.45, 2.75) is 70.8 Å². The molecule has 0 radical (unpaired) electrons. The summed E-state index contributed by atoms with van der Waals surface area (Å²) >= 11 is 0. The zero-order valence-corrected chi connectivity index (χ0v) is 12.4. The van der Waals surface area contributed by atoms with Crippen molar-refractivity contribution in [3.05, 3.63) is 0 Å². The normalized spacial score (nSPS) is 33.1. The van der Waals surface area contributed by atoms with E-state index >= 15 is 0 Å². The Labute approximate surface area is 117 Å². The van der Waals surface area contributed by atoms with Crippen LogP contribution in [0.2, 0.25) is 0 Å². The van der Waals surface area contributed by atoms with Crippen molar-refractivity contribution in [1.29, 1.82) is 0 Å². The first-order chi connectivity index (χ1) is 9.16. The lowest BCUT2D eigenvalue weighted by Gasteiger charge is -2.31. The van der Waals surface area contributed by atoms with Crippen molar-refractivity contribution in [1.82, 2.24) is 5.32 Å². The predicted molar refractivity (Wildman–Crippen MR) is 78.7 cm³/mol. The maximum atomic E-state index is 12.2. The summed E-state index contributed by atoms with van der Waals surface area (Å²) in [6.45, 7) is 3.05. The number of carbonyl (C=O) groups excluding carboxylic acids is 1. The van der Waals surface area contributed by atoms with E-state index in [9.17, 15) is 4.79 Å². The number of hydrogen-bond donors (Lipinski definition) is 2. The van der Waals surface area contributed by atoms with Gasteiger partial charge in [-0.3, -0.25) is 4.79 Å². The zero-order valence-electron chi connectivity index (χ0n) is 12.4.